The van der Waals surface area contributed by atoms with Gasteiger partial charge in [-0.15, -0.1) is 12.4 Å². The fraction of sp³-hybridized carbons (Fsp3) is 0.714. The summed E-state index contributed by atoms with van der Waals surface area (Å²) in [7, 11) is 0. The Morgan fingerprint density at radius 2 is 2.11 bits per heavy atom. The van der Waals surface area contributed by atoms with Gasteiger partial charge in [-0.1, -0.05) is 12.2 Å². The van der Waals surface area contributed by atoms with E-state index in [1.54, 1.807) is 0 Å². The van der Waals surface area contributed by atoms with Crippen molar-refractivity contribution in [3.63, 3.8) is 0 Å². The lowest BCUT2D eigenvalue weighted by atomic mass is 9.94. The van der Waals surface area contributed by atoms with Crippen molar-refractivity contribution in [3.05, 3.63) is 12.2 Å². The van der Waals surface area contributed by atoms with Crippen LogP contribution < -0.4 is 5.32 Å². The third kappa shape index (κ3) is 1.28. The highest BCUT2D eigenvalue weighted by Crippen LogP contribution is 2.40. The number of rotatable bonds is 0. The molecular weight excluding hydrogens is 134 g/mol. The topological polar surface area (TPSA) is 12.0 Å². The van der Waals surface area contributed by atoms with E-state index < -0.39 is 0 Å². The molecule has 0 aromatic heterocycles. The summed E-state index contributed by atoms with van der Waals surface area (Å²) in [4.78, 5) is 0. The lowest BCUT2D eigenvalue weighted by molar-refractivity contribution is 0.392. The quantitative estimate of drug-likeness (QED) is 0.508. The van der Waals surface area contributed by atoms with E-state index in [2.05, 4.69) is 17.5 Å². The molecule has 0 atom stereocenters. The van der Waals surface area contributed by atoms with Gasteiger partial charge >= 0.3 is 0 Å². The van der Waals surface area contributed by atoms with Gasteiger partial charge in [0.2, 0.25) is 0 Å². The minimum atomic E-state index is 0. The maximum absolute atomic E-state index is 3.38. The van der Waals surface area contributed by atoms with Crippen molar-refractivity contribution in [2.75, 3.05) is 13.1 Å². The Bertz CT molecular complexity index is 117. The van der Waals surface area contributed by atoms with Gasteiger partial charge in [-0.2, -0.15) is 0 Å². The molecule has 9 heavy (non-hydrogen) atoms. The summed E-state index contributed by atoms with van der Waals surface area (Å²) < 4.78 is 0. The largest absolute Gasteiger partial charge is 0.316 e. The van der Waals surface area contributed by atoms with Crippen molar-refractivity contribution in [2.24, 2.45) is 5.41 Å². The van der Waals surface area contributed by atoms with E-state index in [0.717, 1.165) is 0 Å². The normalized spacial score (nSPS) is 27.6. The second-order valence-electron chi connectivity index (χ2n) is 2.85. The van der Waals surface area contributed by atoms with Crippen LogP contribution in [0, 0.1) is 5.41 Å². The van der Waals surface area contributed by atoms with Gasteiger partial charge in [0, 0.05) is 12.0 Å². The summed E-state index contributed by atoms with van der Waals surface area (Å²) in [6.07, 6.45) is 7.38. The summed E-state index contributed by atoms with van der Waals surface area (Å²) in [5.41, 5.74) is 0.568. The van der Waals surface area contributed by atoms with E-state index in [1.165, 1.54) is 25.9 Å². The van der Waals surface area contributed by atoms with E-state index >= 15 is 0 Å². The lowest BCUT2D eigenvalue weighted by Gasteiger charge is -2.21. The van der Waals surface area contributed by atoms with Gasteiger partial charge in [0.05, 0.1) is 0 Å². The van der Waals surface area contributed by atoms with Crippen molar-refractivity contribution in [1.29, 1.82) is 0 Å². The summed E-state index contributed by atoms with van der Waals surface area (Å²) in [6.45, 7) is 2.43. The molecule has 2 aliphatic rings. The average molecular weight is 146 g/mol. The van der Waals surface area contributed by atoms with Crippen molar-refractivity contribution in [3.8, 4) is 0 Å². The molecule has 1 aliphatic carbocycles. The second-order valence-corrected chi connectivity index (χ2v) is 2.85. The van der Waals surface area contributed by atoms with Crippen molar-refractivity contribution in [2.45, 2.75) is 12.8 Å². The van der Waals surface area contributed by atoms with Crippen molar-refractivity contribution in [1.82, 2.24) is 5.32 Å². The van der Waals surface area contributed by atoms with E-state index in [-0.39, 0.29) is 12.4 Å². The molecule has 1 N–H and O–H groups in total. The van der Waals surface area contributed by atoms with Crippen molar-refractivity contribution >= 4 is 12.4 Å². The summed E-state index contributed by atoms with van der Waals surface area (Å²) >= 11 is 0. The molecule has 52 valence electrons. The third-order valence-electron chi connectivity index (χ3n) is 2.09. The van der Waals surface area contributed by atoms with Gasteiger partial charge in [-0.25, -0.2) is 0 Å². The van der Waals surface area contributed by atoms with Crippen molar-refractivity contribution < 1.29 is 0 Å². The van der Waals surface area contributed by atoms with Gasteiger partial charge in [0.1, 0.15) is 0 Å². The van der Waals surface area contributed by atoms with Crippen LogP contribution in [0.2, 0.25) is 0 Å². The number of hydrogen-bond acceptors (Lipinski definition) is 1. The summed E-state index contributed by atoms with van der Waals surface area (Å²) in [5, 5.41) is 3.38. The number of nitrogens with one attached hydrogen (secondary N) is 1. The van der Waals surface area contributed by atoms with E-state index in [9.17, 15) is 0 Å². The minimum absolute atomic E-state index is 0. The fourth-order valence-corrected chi connectivity index (χ4v) is 1.35. The first-order chi connectivity index (χ1) is 3.91. The van der Waals surface area contributed by atoms with Crippen LogP contribution in [0.1, 0.15) is 12.8 Å². The zero-order chi connectivity index (χ0) is 5.45. The molecule has 1 saturated heterocycles. The SMILES string of the molecule is C1=CC12CCCNC2.Cl. The Morgan fingerprint density at radius 1 is 1.33 bits per heavy atom. The van der Waals surface area contributed by atoms with Crippen LogP contribution in [0.5, 0.6) is 0 Å². The first-order valence-corrected chi connectivity index (χ1v) is 3.32. The zero-order valence-electron chi connectivity index (χ0n) is 5.39. The molecule has 2 rings (SSSR count). The minimum Gasteiger partial charge on any atom is -0.316 e. The van der Waals surface area contributed by atoms with E-state index in [0.29, 0.717) is 5.41 Å². The molecule has 0 radical (unpaired) electrons. The first-order valence-electron chi connectivity index (χ1n) is 3.32. The molecule has 1 heterocycles. The Hall–Kier alpha value is -0.0100. The van der Waals surface area contributed by atoms with Gasteiger partial charge < -0.3 is 5.32 Å². The fourth-order valence-electron chi connectivity index (χ4n) is 1.35. The molecule has 0 saturated carbocycles. The van der Waals surface area contributed by atoms with Gasteiger partial charge in [-0.3, -0.25) is 0 Å². The van der Waals surface area contributed by atoms with E-state index in [4.69, 9.17) is 0 Å². The van der Waals surface area contributed by atoms with Gasteiger partial charge in [0.25, 0.3) is 0 Å². The summed E-state index contributed by atoms with van der Waals surface area (Å²) in [6, 6.07) is 0. The van der Waals surface area contributed by atoms with Gasteiger partial charge in [0.15, 0.2) is 0 Å². The maximum Gasteiger partial charge on any atom is 0.0187 e. The molecule has 0 unspecified atom stereocenters. The van der Waals surface area contributed by atoms with Crippen LogP contribution in [0.15, 0.2) is 12.2 Å². The summed E-state index contributed by atoms with van der Waals surface area (Å²) in [5.74, 6) is 0. The van der Waals surface area contributed by atoms with E-state index in [1.807, 2.05) is 0 Å². The Morgan fingerprint density at radius 3 is 2.44 bits per heavy atom. The Kier molecular flexibility index (Phi) is 1.83. The number of hydrogen-bond donors (Lipinski definition) is 1. The molecule has 0 bridgehead atoms. The molecule has 0 amide bonds. The Balaban J connectivity index is 0.000000405. The molecule has 1 fully saturated rings. The first kappa shape index (κ1) is 7.10. The maximum atomic E-state index is 3.38. The predicted octanol–water partition coefficient (Wildman–Crippen LogP) is 1.35. The van der Waals surface area contributed by atoms with Crippen LogP contribution in [0.4, 0.5) is 0 Å². The average Bonchev–Trinajstić information content (AvgIpc) is 2.52. The van der Waals surface area contributed by atoms with Crippen LogP contribution in [0.25, 0.3) is 0 Å². The second kappa shape index (κ2) is 2.31. The highest BCUT2D eigenvalue weighted by Gasteiger charge is 2.34. The molecule has 1 spiro atoms. The molecule has 0 aromatic carbocycles. The van der Waals surface area contributed by atoms with Crippen LogP contribution in [-0.4, -0.2) is 13.1 Å². The standard InChI is InChI=1S/C7H11N.ClH/c1-2-7(3-4-7)6-8-5-1;/h3-4,8H,1-2,5-6H2;1H. The van der Waals surface area contributed by atoms with Crippen LogP contribution in [-0.2, 0) is 0 Å². The molecule has 1 nitrogen and oxygen atoms in total. The monoisotopic (exact) mass is 145 g/mol. The highest BCUT2D eigenvalue weighted by molar-refractivity contribution is 5.85. The molecule has 2 heteroatoms. The molecule has 1 aliphatic heterocycles. The van der Waals surface area contributed by atoms with Crippen LogP contribution in [0.3, 0.4) is 0 Å². The predicted molar refractivity (Wildman–Crippen MR) is 40.9 cm³/mol. The third-order valence-corrected chi connectivity index (χ3v) is 2.09. The number of halogens is 1. The Labute approximate surface area is 61.9 Å². The van der Waals surface area contributed by atoms with Gasteiger partial charge in [-0.05, 0) is 19.4 Å². The molecule has 0 aromatic rings. The van der Waals surface area contributed by atoms with Crippen LogP contribution >= 0.6 is 12.4 Å². The number of piperidine rings is 1. The lowest BCUT2D eigenvalue weighted by Crippen LogP contribution is -2.31. The zero-order valence-corrected chi connectivity index (χ0v) is 6.21. The smallest absolute Gasteiger partial charge is 0.0187 e. The molecular formula is C7H12ClN. The highest BCUT2D eigenvalue weighted by atomic mass is 35.5.